The fourth-order valence-corrected chi connectivity index (χ4v) is 4.55. The minimum absolute atomic E-state index is 0.115. The van der Waals surface area contributed by atoms with Gasteiger partial charge in [0.1, 0.15) is 0 Å². The number of aromatic nitrogens is 4. The van der Waals surface area contributed by atoms with E-state index < -0.39 is 5.69 Å². The van der Waals surface area contributed by atoms with Gasteiger partial charge in [0, 0.05) is 30.8 Å². The molecule has 7 nitrogen and oxygen atoms in total. The van der Waals surface area contributed by atoms with Gasteiger partial charge in [-0.05, 0) is 42.2 Å². The van der Waals surface area contributed by atoms with Gasteiger partial charge in [0.25, 0.3) is 5.56 Å². The van der Waals surface area contributed by atoms with Gasteiger partial charge in [-0.2, -0.15) is 4.98 Å². The van der Waals surface area contributed by atoms with Crippen molar-refractivity contribution in [1.82, 2.24) is 18.7 Å². The van der Waals surface area contributed by atoms with E-state index in [0.717, 1.165) is 30.6 Å². The van der Waals surface area contributed by atoms with Gasteiger partial charge in [0.15, 0.2) is 11.2 Å². The van der Waals surface area contributed by atoms with Crippen molar-refractivity contribution in [2.45, 2.75) is 32.9 Å². The third-order valence-electron chi connectivity index (χ3n) is 6.16. The molecule has 164 valence electrons. The second-order valence-electron chi connectivity index (χ2n) is 8.09. The van der Waals surface area contributed by atoms with Crippen LogP contribution in [0.2, 0.25) is 5.02 Å². The summed E-state index contributed by atoms with van der Waals surface area (Å²) in [6.07, 6.45) is 1.85. The van der Waals surface area contributed by atoms with Crippen LogP contribution >= 0.6 is 11.6 Å². The zero-order valence-corrected chi connectivity index (χ0v) is 18.8. The van der Waals surface area contributed by atoms with Gasteiger partial charge < -0.3 is 9.47 Å². The van der Waals surface area contributed by atoms with E-state index in [1.807, 2.05) is 22.8 Å². The molecule has 32 heavy (non-hydrogen) atoms. The van der Waals surface area contributed by atoms with E-state index in [0.29, 0.717) is 28.7 Å². The maximum absolute atomic E-state index is 13.5. The molecular weight excluding hydrogens is 426 g/mol. The highest BCUT2D eigenvalue weighted by Gasteiger charge is 2.27. The van der Waals surface area contributed by atoms with Gasteiger partial charge in [-0.15, -0.1) is 0 Å². The molecule has 0 atom stereocenters. The molecule has 0 unspecified atom stereocenters. The molecule has 0 radical (unpaired) electrons. The van der Waals surface area contributed by atoms with Gasteiger partial charge in [0.05, 0.1) is 6.54 Å². The minimum Gasteiger partial charge on any atom is -0.312 e. The van der Waals surface area contributed by atoms with Crippen LogP contribution in [0.4, 0.5) is 11.6 Å². The molecule has 5 rings (SSSR count). The van der Waals surface area contributed by atoms with Crippen LogP contribution < -0.4 is 16.1 Å². The van der Waals surface area contributed by atoms with E-state index in [1.54, 1.807) is 13.1 Å². The predicted octanol–water partition coefficient (Wildman–Crippen LogP) is 3.70. The molecule has 2 aromatic heterocycles. The molecule has 8 heteroatoms. The van der Waals surface area contributed by atoms with E-state index in [4.69, 9.17) is 16.6 Å². The fourth-order valence-electron chi connectivity index (χ4n) is 4.36. The summed E-state index contributed by atoms with van der Waals surface area (Å²) in [5, 5.41) is 0.526. The van der Waals surface area contributed by atoms with E-state index in [1.165, 1.54) is 14.7 Å². The highest BCUT2D eigenvalue weighted by molar-refractivity contribution is 6.31. The molecule has 3 heterocycles. The van der Waals surface area contributed by atoms with Crippen molar-refractivity contribution < 1.29 is 0 Å². The fraction of sp³-hybridized carbons (Fsp3) is 0.292. The zero-order valence-electron chi connectivity index (χ0n) is 18.1. The minimum atomic E-state index is -0.406. The number of anilines is 2. The highest BCUT2D eigenvalue weighted by atomic mass is 35.5. The Bertz CT molecular complexity index is 1430. The van der Waals surface area contributed by atoms with Crippen LogP contribution in [-0.2, 0) is 26.6 Å². The molecule has 1 aliphatic heterocycles. The predicted molar refractivity (Wildman–Crippen MR) is 127 cm³/mol. The summed E-state index contributed by atoms with van der Waals surface area (Å²) in [5.41, 5.74) is 3.13. The molecule has 0 bridgehead atoms. The van der Waals surface area contributed by atoms with Gasteiger partial charge in [-0.25, -0.2) is 4.79 Å². The topological polar surface area (TPSA) is 65.1 Å². The molecule has 0 amide bonds. The number of halogens is 1. The Balaban J connectivity index is 1.68. The summed E-state index contributed by atoms with van der Waals surface area (Å²) in [7, 11) is 1.66. The second-order valence-corrected chi connectivity index (χ2v) is 8.49. The first-order valence-electron chi connectivity index (χ1n) is 10.8. The summed E-state index contributed by atoms with van der Waals surface area (Å²) < 4.78 is 4.64. The number of hydrogen-bond donors (Lipinski definition) is 0. The smallest absolute Gasteiger partial charge is 0.312 e. The molecule has 0 fully saturated rings. The van der Waals surface area contributed by atoms with Crippen molar-refractivity contribution in [3.8, 4) is 0 Å². The van der Waals surface area contributed by atoms with Crippen LogP contribution in [0.5, 0.6) is 0 Å². The van der Waals surface area contributed by atoms with Crippen LogP contribution in [0.1, 0.15) is 24.5 Å². The molecular formula is C24H24ClN5O2. The summed E-state index contributed by atoms with van der Waals surface area (Å²) >= 11 is 6.29. The monoisotopic (exact) mass is 449 g/mol. The maximum Gasteiger partial charge on any atom is 0.332 e. The van der Waals surface area contributed by atoms with Crippen molar-refractivity contribution >= 4 is 34.4 Å². The van der Waals surface area contributed by atoms with Crippen LogP contribution in [0.25, 0.3) is 11.2 Å². The Morgan fingerprint density at radius 2 is 1.78 bits per heavy atom. The normalized spacial score (nSPS) is 13.5. The highest BCUT2D eigenvalue weighted by Crippen LogP contribution is 2.31. The van der Waals surface area contributed by atoms with Crippen molar-refractivity contribution in [3.63, 3.8) is 0 Å². The SMILES string of the molecule is CCc1ccc(N2CCCn3c2nc2c3c(=O)n(Cc3ccccc3Cl)c(=O)n2C)cc1. The summed E-state index contributed by atoms with van der Waals surface area (Å²) in [6.45, 7) is 3.72. The van der Waals surface area contributed by atoms with Crippen molar-refractivity contribution in [3.05, 3.63) is 85.5 Å². The van der Waals surface area contributed by atoms with Crippen LogP contribution in [0.15, 0.2) is 58.1 Å². The van der Waals surface area contributed by atoms with E-state index in [-0.39, 0.29) is 12.1 Å². The van der Waals surface area contributed by atoms with Gasteiger partial charge >= 0.3 is 5.69 Å². The third kappa shape index (κ3) is 3.24. The first-order valence-corrected chi connectivity index (χ1v) is 11.2. The van der Waals surface area contributed by atoms with Crippen molar-refractivity contribution in [1.29, 1.82) is 0 Å². The zero-order chi connectivity index (χ0) is 22.4. The number of fused-ring (bicyclic) bond motifs is 3. The third-order valence-corrected chi connectivity index (χ3v) is 6.53. The largest absolute Gasteiger partial charge is 0.332 e. The lowest BCUT2D eigenvalue weighted by molar-refractivity contribution is 0.597. The Kier molecular flexibility index (Phi) is 5.13. The lowest BCUT2D eigenvalue weighted by Crippen LogP contribution is -2.40. The number of aryl methyl sites for hydroxylation is 3. The average molecular weight is 450 g/mol. The Labute approximate surface area is 190 Å². The molecule has 0 N–H and O–H groups in total. The molecule has 0 saturated heterocycles. The van der Waals surface area contributed by atoms with Gasteiger partial charge in [-0.3, -0.25) is 13.9 Å². The Morgan fingerprint density at radius 3 is 2.50 bits per heavy atom. The van der Waals surface area contributed by atoms with E-state index >= 15 is 0 Å². The molecule has 0 spiro atoms. The summed E-state index contributed by atoms with van der Waals surface area (Å²) in [6, 6.07) is 15.7. The number of benzene rings is 2. The number of hydrogen-bond acceptors (Lipinski definition) is 4. The van der Waals surface area contributed by atoms with E-state index in [9.17, 15) is 9.59 Å². The lowest BCUT2D eigenvalue weighted by Gasteiger charge is -2.29. The molecule has 0 saturated carbocycles. The molecule has 2 aromatic carbocycles. The van der Waals surface area contributed by atoms with Crippen LogP contribution in [-0.4, -0.2) is 25.2 Å². The molecule has 0 aliphatic carbocycles. The quantitative estimate of drug-likeness (QED) is 0.476. The number of rotatable bonds is 4. The Hall–Kier alpha value is -3.32. The van der Waals surface area contributed by atoms with Gasteiger partial charge in [-0.1, -0.05) is 48.9 Å². The first-order chi connectivity index (χ1) is 15.5. The van der Waals surface area contributed by atoms with Crippen molar-refractivity contribution in [2.75, 3.05) is 11.4 Å². The molecule has 1 aliphatic rings. The number of imidazole rings is 1. The molecule has 4 aromatic rings. The second kappa shape index (κ2) is 7.98. The van der Waals surface area contributed by atoms with Crippen LogP contribution in [0.3, 0.4) is 0 Å². The first kappa shape index (κ1) is 20.6. The maximum atomic E-state index is 13.5. The van der Waals surface area contributed by atoms with E-state index in [2.05, 4.69) is 36.1 Å². The summed E-state index contributed by atoms with van der Waals surface area (Å²) in [5.74, 6) is 0.693. The summed E-state index contributed by atoms with van der Waals surface area (Å²) in [4.78, 5) is 33.4. The standard InChI is InChI=1S/C24H24ClN5O2/c1-3-16-9-11-18(12-10-16)28-13-6-14-29-20-21(26-23(28)29)27(2)24(32)30(22(20)31)15-17-7-4-5-8-19(17)25/h4-5,7-12H,3,6,13-15H2,1-2H3. The van der Waals surface area contributed by atoms with Gasteiger partial charge in [0.2, 0.25) is 5.95 Å². The lowest BCUT2D eigenvalue weighted by atomic mass is 10.1. The average Bonchev–Trinajstić information content (AvgIpc) is 3.22. The van der Waals surface area contributed by atoms with Crippen molar-refractivity contribution in [2.24, 2.45) is 7.05 Å². The Morgan fingerprint density at radius 1 is 1.03 bits per heavy atom. The van der Waals surface area contributed by atoms with Crippen LogP contribution in [0, 0.1) is 0 Å². The number of nitrogens with zero attached hydrogens (tertiary/aromatic N) is 5.